The fourth-order valence-corrected chi connectivity index (χ4v) is 3.77. The summed E-state index contributed by atoms with van der Waals surface area (Å²) in [5.74, 6) is 0.206. The van der Waals surface area contributed by atoms with E-state index in [0.29, 0.717) is 10.5 Å². The van der Waals surface area contributed by atoms with E-state index < -0.39 is 0 Å². The monoisotopic (exact) mass is 366 g/mol. The molecule has 2 heterocycles. The van der Waals surface area contributed by atoms with Gasteiger partial charge < -0.3 is 10.4 Å². The lowest BCUT2D eigenvalue weighted by atomic mass is 10.0. The minimum Gasteiger partial charge on any atom is -0.505 e. The molecule has 0 amide bonds. The highest BCUT2D eigenvalue weighted by atomic mass is 35.5. The molecule has 0 bridgehead atoms. The molecule has 1 atom stereocenters. The fraction of sp³-hybridized carbons (Fsp3) is 0.0500. The van der Waals surface area contributed by atoms with Crippen LogP contribution >= 0.6 is 22.9 Å². The van der Waals surface area contributed by atoms with E-state index in [0.717, 1.165) is 21.5 Å². The zero-order valence-electron chi connectivity index (χ0n) is 13.2. The molecule has 0 aliphatic heterocycles. The minimum absolute atomic E-state index is 0.174. The largest absolute Gasteiger partial charge is 0.505 e. The molecule has 0 saturated carbocycles. The number of pyridine rings is 1. The van der Waals surface area contributed by atoms with Crippen LogP contribution in [0, 0.1) is 0 Å². The Balaban J connectivity index is 1.81. The molecule has 2 aromatic heterocycles. The standard InChI is InChI=1S/C20H15ClN2OS/c21-14-6-8-15(9-7-14)23-19(17-4-2-12-25-17)16-10-5-13-3-1-11-22-18(13)20(16)24/h1-12,19,23-24H. The van der Waals surface area contributed by atoms with Gasteiger partial charge in [0, 0.05) is 32.7 Å². The second-order valence-electron chi connectivity index (χ2n) is 5.68. The number of benzene rings is 2. The number of anilines is 1. The molecule has 0 radical (unpaired) electrons. The van der Waals surface area contributed by atoms with Crippen molar-refractivity contribution < 1.29 is 5.11 Å². The van der Waals surface area contributed by atoms with Crippen LogP contribution in [0.15, 0.2) is 72.2 Å². The molecular weight excluding hydrogens is 352 g/mol. The molecule has 0 aliphatic rings. The fourth-order valence-electron chi connectivity index (χ4n) is 2.85. The van der Waals surface area contributed by atoms with E-state index in [4.69, 9.17) is 11.6 Å². The van der Waals surface area contributed by atoms with Crippen molar-refractivity contribution in [3.05, 3.63) is 87.7 Å². The van der Waals surface area contributed by atoms with Gasteiger partial charge in [-0.2, -0.15) is 0 Å². The molecule has 124 valence electrons. The lowest BCUT2D eigenvalue weighted by Crippen LogP contribution is -2.11. The number of phenols is 1. The topological polar surface area (TPSA) is 45.1 Å². The lowest BCUT2D eigenvalue weighted by Gasteiger charge is -2.21. The van der Waals surface area contributed by atoms with E-state index in [1.165, 1.54) is 0 Å². The summed E-state index contributed by atoms with van der Waals surface area (Å²) in [6, 6.07) is 19.2. The van der Waals surface area contributed by atoms with Gasteiger partial charge in [0.2, 0.25) is 0 Å². The van der Waals surface area contributed by atoms with Gasteiger partial charge in [-0.25, -0.2) is 0 Å². The normalized spacial score (nSPS) is 12.2. The van der Waals surface area contributed by atoms with Crippen molar-refractivity contribution in [1.82, 2.24) is 4.98 Å². The van der Waals surface area contributed by atoms with Crippen molar-refractivity contribution in [2.45, 2.75) is 6.04 Å². The van der Waals surface area contributed by atoms with Crippen LogP contribution in [0.3, 0.4) is 0 Å². The van der Waals surface area contributed by atoms with Gasteiger partial charge in [0.05, 0.1) is 6.04 Å². The zero-order valence-corrected chi connectivity index (χ0v) is 14.8. The highest BCUT2D eigenvalue weighted by Crippen LogP contribution is 2.37. The summed E-state index contributed by atoms with van der Waals surface area (Å²) in [5, 5.41) is 18.0. The Labute approximate surface area is 154 Å². The molecule has 3 nitrogen and oxygen atoms in total. The molecule has 5 heteroatoms. The molecule has 4 rings (SSSR count). The third kappa shape index (κ3) is 3.18. The lowest BCUT2D eigenvalue weighted by molar-refractivity contribution is 0.472. The van der Waals surface area contributed by atoms with Gasteiger partial charge in [0.1, 0.15) is 11.3 Å². The summed E-state index contributed by atoms with van der Waals surface area (Å²) in [6.07, 6.45) is 1.69. The van der Waals surface area contributed by atoms with Crippen LogP contribution in [0.1, 0.15) is 16.5 Å². The summed E-state index contributed by atoms with van der Waals surface area (Å²) >= 11 is 7.62. The van der Waals surface area contributed by atoms with Crippen molar-refractivity contribution in [2.24, 2.45) is 0 Å². The first-order chi connectivity index (χ1) is 12.2. The molecule has 25 heavy (non-hydrogen) atoms. The van der Waals surface area contributed by atoms with Crippen LogP contribution in [-0.2, 0) is 0 Å². The third-order valence-corrected chi connectivity index (χ3v) is 5.26. The van der Waals surface area contributed by atoms with Gasteiger partial charge >= 0.3 is 0 Å². The Kier molecular flexibility index (Phi) is 4.30. The molecular formula is C20H15ClN2OS. The predicted octanol–water partition coefficient (Wildman–Crippen LogP) is 5.86. The van der Waals surface area contributed by atoms with E-state index in [-0.39, 0.29) is 11.8 Å². The van der Waals surface area contributed by atoms with Crippen LogP contribution in [0.4, 0.5) is 5.69 Å². The number of halogens is 1. The smallest absolute Gasteiger partial charge is 0.147 e. The number of nitrogens with one attached hydrogen (secondary N) is 1. The summed E-state index contributed by atoms with van der Waals surface area (Å²) in [4.78, 5) is 5.44. The number of hydrogen-bond donors (Lipinski definition) is 2. The Bertz CT molecular complexity index is 1000. The molecule has 2 aromatic carbocycles. The third-order valence-electron chi connectivity index (χ3n) is 4.07. The maximum Gasteiger partial charge on any atom is 0.147 e. The molecule has 0 fully saturated rings. The van der Waals surface area contributed by atoms with Crippen molar-refractivity contribution >= 4 is 39.5 Å². The van der Waals surface area contributed by atoms with Crippen molar-refractivity contribution in [2.75, 3.05) is 5.32 Å². The van der Waals surface area contributed by atoms with E-state index in [9.17, 15) is 5.11 Å². The zero-order chi connectivity index (χ0) is 17.2. The Morgan fingerprint density at radius 1 is 1.00 bits per heavy atom. The first-order valence-corrected chi connectivity index (χ1v) is 9.10. The Morgan fingerprint density at radius 3 is 2.60 bits per heavy atom. The van der Waals surface area contributed by atoms with Crippen LogP contribution < -0.4 is 5.32 Å². The second-order valence-corrected chi connectivity index (χ2v) is 7.09. The number of aromatic nitrogens is 1. The number of hydrogen-bond acceptors (Lipinski definition) is 4. The van der Waals surface area contributed by atoms with Crippen molar-refractivity contribution in [1.29, 1.82) is 0 Å². The Hall–Kier alpha value is -2.56. The van der Waals surface area contributed by atoms with Crippen LogP contribution in [0.5, 0.6) is 5.75 Å². The highest BCUT2D eigenvalue weighted by Gasteiger charge is 2.20. The van der Waals surface area contributed by atoms with Gasteiger partial charge in [-0.05, 0) is 41.8 Å². The molecule has 1 unspecified atom stereocenters. The first kappa shape index (κ1) is 15.9. The summed E-state index contributed by atoms with van der Waals surface area (Å²) in [7, 11) is 0. The van der Waals surface area contributed by atoms with Gasteiger partial charge in [0.15, 0.2) is 0 Å². The molecule has 0 spiro atoms. The summed E-state index contributed by atoms with van der Waals surface area (Å²) in [5.41, 5.74) is 2.34. The van der Waals surface area contributed by atoms with Crippen LogP contribution in [-0.4, -0.2) is 10.1 Å². The quantitative estimate of drug-likeness (QED) is 0.475. The van der Waals surface area contributed by atoms with Gasteiger partial charge in [0.25, 0.3) is 0 Å². The average Bonchev–Trinajstić information content (AvgIpc) is 3.17. The van der Waals surface area contributed by atoms with Crippen molar-refractivity contribution in [3.63, 3.8) is 0 Å². The molecule has 0 saturated heterocycles. The van der Waals surface area contributed by atoms with E-state index >= 15 is 0 Å². The summed E-state index contributed by atoms with van der Waals surface area (Å²) < 4.78 is 0. The van der Waals surface area contributed by atoms with Gasteiger partial charge in [-0.1, -0.05) is 35.9 Å². The van der Waals surface area contributed by atoms with E-state index in [2.05, 4.69) is 16.4 Å². The molecule has 2 N–H and O–H groups in total. The number of aromatic hydroxyl groups is 1. The average molecular weight is 367 g/mol. The molecule has 4 aromatic rings. The van der Waals surface area contributed by atoms with E-state index in [1.54, 1.807) is 17.5 Å². The van der Waals surface area contributed by atoms with Crippen LogP contribution in [0.2, 0.25) is 5.02 Å². The second kappa shape index (κ2) is 6.75. The maximum atomic E-state index is 10.8. The van der Waals surface area contributed by atoms with Crippen molar-refractivity contribution in [3.8, 4) is 5.75 Å². The maximum absolute atomic E-state index is 10.8. The van der Waals surface area contributed by atoms with Crippen LogP contribution in [0.25, 0.3) is 10.9 Å². The Morgan fingerprint density at radius 2 is 1.84 bits per heavy atom. The predicted molar refractivity (Wildman–Crippen MR) is 105 cm³/mol. The first-order valence-electron chi connectivity index (χ1n) is 7.84. The number of nitrogens with zero attached hydrogens (tertiary/aromatic N) is 1. The minimum atomic E-state index is -0.174. The number of fused-ring (bicyclic) bond motifs is 1. The number of thiophene rings is 1. The highest BCUT2D eigenvalue weighted by molar-refractivity contribution is 7.10. The number of phenolic OH excluding ortho intramolecular Hbond substituents is 1. The SMILES string of the molecule is Oc1c(C(Nc2ccc(Cl)cc2)c2cccs2)ccc2cccnc12. The number of rotatable bonds is 4. The van der Waals surface area contributed by atoms with Gasteiger partial charge in [-0.3, -0.25) is 4.98 Å². The molecule has 0 aliphatic carbocycles. The summed E-state index contributed by atoms with van der Waals surface area (Å²) in [6.45, 7) is 0. The van der Waals surface area contributed by atoms with Gasteiger partial charge in [-0.15, -0.1) is 11.3 Å². The van der Waals surface area contributed by atoms with E-state index in [1.807, 2.05) is 60.0 Å².